The van der Waals surface area contributed by atoms with Gasteiger partial charge in [-0.2, -0.15) is 0 Å². The van der Waals surface area contributed by atoms with E-state index >= 15 is 0 Å². The second kappa shape index (κ2) is 4.66. The van der Waals surface area contributed by atoms with Gasteiger partial charge in [0, 0.05) is 23.9 Å². The third-order valence-electron chi connectivity index (χ3n) is 2.21. The minimum absolute atomic E-state index is 0.153. The van der Waals surface area contributed by atoms with E-state index < -0.39 is 22.2 Å². The molecule has 0 bridgehead atoms. The van der Waals surface area contributed by atoms with Crippen molar-refractivity contribution in [1.29, 1.82) is 0 Å². The quantitative estimate of drug-likeness (QED) is 0.476. The summed E-state index contributed by atoms with van der Waals surface area (Å²) in [6.45, 7) is 0. The summed E-state index contributed by atoms with van der Waals surface area (Å²) in [5, 5.41) is 10.4. The molecule has 0 radical (unpaired) electrons. The molecule has 0 atom stereocenters. The molecule has 0 saturated carbocycles. The number of hydrogen-bond donors (Lipinski definition) is 0. The minimum atomic E-state index is -0.775. The van der Waals surface area contributed by atoms with E-state index in [1.54, 1.807) is 0 Å². The van der Waals surface area contributed by atoms with Crippen molar-refractivity contribution in [3.63, 3.8) is 0 Å². The summed E-state index contributed by atoms with van der Waals surface area (Å²) in [4.78, 5) is 13.6. The zero-order chi connectivity index (χ0) is 13.3. The predicted molar refractivity (Wildman–Crippen MR) is 61.3 cm³/mol. The Morgan fingerprint density at radius 1 is 1.11 bits per heavy atom. The van der Waals surface area contributed by atoms with Gasteiger partial charge >= 0.3 is 5.69 Å². The summed E-state index contributed by atoms with van der Waals surface area (Å²) >= 11 is 5.54. The van der Waals surface area contributed by atoms with E-state index in [1.807, 2.05) is 0 Å². The molecule has 0 spiro atoms. The SMILES string of the molecule is O=[N+]([O-])c1cc(-c2cc(F)cc(F)c2)cnc1Cl. The highest BCUT2D eigenvalue weighted by Crippen LogP contribution is 2.28. The summed E-state index contributed by atoms with van der Waals surface area (Å²) < 4.78 is 26.1. The maximum absolute atomic E-state index is 13.0. The Morgan fingerprint density at radius 2 is 1.72 bits per heavy atom. The average Bonchev–Trinajstić information content (AvgIpc) is 2.27. The summed E-state index contributed by atoms with van der Waals surface area (Å²) in [5.41, 5.74) is -0.0527. The van der Waals surface area contributed by atoms with Gasteiger partial charge in [0.15, 0.2) is 0 Å². The molecule has 0 aliphatic heterocycles. The van der Waals surface area contributed by atoms with E-state index in [0.717, 1.165) is 18.2 Å². The maximum atomic E-state index is 13.0. The number of benzene rings is 1. The zero-order valence-corrected chi connectivity index (χ0v) is 9.49. The second-order valence-corrected chi connectivity index (χ2v) is 3.81. The van der Waals surface area contributed by atoms with Gasteiger partial charge in [0.1, 0.15) is 11.6 Å². The molecule has 2 rings (SSSR count). The number of nitro groups is 1. The molecule has 1 heterocycles. The van der Waals surface area contributed by atoms with Crippen LogP contribution in [0.15, 0.2) is 30.5 Å². The molecule has 0 saturated heterocycles. The van der Waals surface area contributed by atoms with Gasteiger partial charge in [0.05, 0.1) is 4.92 Å². The molecular weight excluding hydrogens is 266 g/mol. The minimum Gasteiger partial charge on any atom is -0.258 e. The molecule has 0 fully saturated rings. The van der Waals surface area contributed by atoms with Gasteiger partial charge in [0.2, 0.25) is 5.15 Å². The molecule has 1 aromatic heterocycles. The molecule has 0 aliphatic carbocycles. The van der Waals surface area contributed by atoms with Crippen molar-refractivity contribution in [2.24, 2.45) is 0 Å². The largest absolute Gasteiger partial charge is 0.307 e. The first-order chi connectivity index (χ1) is 8.47. The molecule has 18 heavy (non-hydrogen) atoms. The van der Waals surface area contributed by atoms with Crippen LogP contribution in [0.25, 0.3) is 11.1 Å². The van der Waals surface area contributed by atoms with E-state index in [-0.39, 0.29) is 16.3 Å². The Balaban J connectivity index is 2.57. The second-order valence-electron chi connectivity index (χ2n) is 3.45. The van der Waals surface area contributed by atoms with E-state index in [2.05, 4.69) is 4.98 Å². The smallest absolute Gasteiger partial charge is 0.258 e. The highest BCUT2D eigenvalue weighted by molar-refractivity contribution is 6.31. The molecule has 7 heteroatoms. The highest BCUT2D eigenvalue weighted by atomic mass is 35.5. The summed E-state index contributed by atoms with van der Waals surface area (Å²) in [6.07, 6.45) is 1.21. The fraction of sp³-hybridized carbons (Fsp3) is 0. The van der Waals surface area contributed by atoms with Gasteiger partial charge in [-0.05, 0) is 17.7 Å². The first-order valence-electron chi connectivity index (χ1n) is 4.74. The third kappa shape index (κ3) is 2.43. The Morgan fingerprint density at radius 3 is 2.28 bits per heavy atom. The first kappa shape index (κ1) is 12.4. The molecule has 0 N–H and O–H groups in total. The lowest BCUT2D eigenvalue weighted by Crippen LogP contribution is -1.93. The molecular formula is C11H5ClF2N2O2. The first-order valence-corrected chi connectivity index (χ1v) is 5.11. The predicted octanol–water partition coefficient (Wildman–Crippen LogP) is 3.59. The topological polar surface area (TPSA) is 56.0 Å². The molecule has 92 valence electrons. The van der Waals surface area contributed by atoms with Crippen LogP contribution in [-0.4, -0.2) is 9.91 Å². The van der Waals surface area contributed by atoms with Crippen LogP contribution in [0.4, 0.5) is 14.5 Å². The molecule has 0 amide bonds. The van der Waals surface area contributed by atoms with Crippen LogP contribution in [0.1, 0.15) is 0 Å². The van der Waals surface area contributed by atoms with Gasteiger partial charge in [-0.1, -0.05) is 11.6 Å². The number of pyridine rings is 1. The zero-order valence-electron chi connectivity index (χ0n) is 8.73. The van der Waals surface area contributed by atoms with Crippen LogP contribution < -0.4 is 0 Å². The van der Waals surface area contributed by atoms with Crippen molar-refractivity contribution in [2.75, 3.05) is 0 Å². The van der Waals surface area contributed by atoms with Crippen molar-refractivity contribution < 1.29 is 13.7 Å². The fourth-order valence-corrected chi connectivity index (χ4v) is 1.62. The van der Waals surface area contributed by atoms with Crippen LogP contribution in [0, 0.1) is 21.7 Å². The van der Waals surface area contributed by atoms with Crippen LogP contribution in [0.2, 0.25) is 5.15 Å². The van der Waals surface area contributed by atoms with E-state index in [1.165, 1.54) is 6.20 Å². The summed E-state index contributed by atoms with van der Waals surface area (Å²) in [7, 11) is 0. The Bertz CT molecular complexity index is 614. The average molecular weight is 271 g/mol. The van der Waals surface area contributed by atoms with E-state index in [4.69, 9.17) is 11.6 Å². The van der Waals surface area contributed by atoms with Crippen LogP contribution in [0.5, 0.6) is 0 Å². The number of rotatable bonds is 2. The molecule has 0 unspecified atom stereocenters. The number of halogens is 3. The summed E-state index contributed by atoms with van der Waals surface area (Å²) in [5.74, 6) is -1.55. The molecule has 0 aliphatic rings. The van der Waals surface area contributed by atoms with Gasteiger partial charge in [0.25, 0.3) is 0 Å². The lowest BCUT2D eigenvalue weighted by molar-refractivity contribution is -0.385. The molecule has 4 nitrogen and oxygen atoms in total. The van der Waals surface area contributed by atoms with Crippen molar-refractivity contribution in [2.45, 2.75) is 0 Å². The van der Waals surface area contributed by atoms with Crippen LogP contribution in [0.3, 0.4) is 0 Å². The Labute approximate surface area is 105 Å². The number of hydrogen-bond acceptors (Lipinski definition) is 3. The fourth-order valence-electron chi connectivity index (χ4n) is 1.44. The van der Waals surface area contributed by atoms with Gasteiger partial charge in [-0.15, -0.1) is 0 Å². The number of aromatic nitrogens is 1. The third-order valence-corrected chi connectivity index (χ3v) is 2.50. The van der Waals surface area contributed by atoms with E-state index in [0.29, 0.717) is 6.07 Å². The van der Waals surface area contributed by atoms with E-state index in [9.17, 15) is 18.9 Å². The Hall–Kier alpha value is -2.08. The van der Waals surface area contributed by atoms with Crippen molar-refractivity contribution in [3.8, 4) is 11.1 Å². The maximum Gasteiger partial charge on any atom is 0.307 e. The highest BCUT2D eigenvalue weighted by Gasteiger charge is 2.15. The lowest BCUT2D eigenvalue weighted by Gasteiger charge is -2.03. The van der Waals surface area contributed by atoms with Crippen molar-refractivity contribution >= 4 is 17.3 Å². The van der Waals surface area contributed by atoms with Crippen LogP contribution >= 0.6 is 11.6 Å². The summed E-state index contributed by atoms with van der Waals surface area (Å²) in [6, 6.07) is 3.93. The van der Waals surface area contributed by atoms with Gasteiger partial charge < -0.3 is 0 Å². The Kier molecular flexibility index (Phi) is 3.20. The molecule has 2 aromatic rings. The monoisotopic (exact) mass is 270 g/mol. The van der Waals surface area contributed by atoms with Gasteiger partial charge in [-0.25, -0.2) is 13.8 Å². The standard InChI is InChI=1S/C11H5ClF2N2O2/c12-11-10(16(17)18)3-7(5-15-11)6-1-8(13)4-9(14)2-6/h1-5H. The number of nitrogens with zero attached hydrogens (tertiary/aromatic N) is 2. The van der Waals surface area contributed by atoms with Gasteiger partial charge in [-0.3, -0.25) is 10.1 Å². The van der Waals surface area contributed by atoms with Crippen LogP contribution in [-0.2, 0) is 0 Å². The lowest BCUT2D eigenvalue weighted by atomic mass is 10.1. The van der Waals surface area contributed by atoms with Crippen molar-refractivity contribution in [1.82, 2.24) is 4.98 Å². The molecule has 1 aromatic carbocycles. The van der Waals surface area contributed by atoms with Crippen molar-refractivity contribution in [3.05, 3.63) is 57.4 Å². The normalized spacial score (nSPS) is 10.4.